The Morgan fingerprint density at radius 1 is 1.13 bits per heavy atom. The number of aromatic nitrogens is 1. The van der Waals surface area contributed by atoms with Crippen LogP contribution in [0.25, 0.3) is 21.3 Å². The average Bonchev–Trinajstić information content (AvgIpc) is 3.38. The van der Waals surface area contributed by atoms with E-state index in [0.717, 1.165) is 52.0 Å². The summed E-state index contributed by atoms with van der Waals surface area (Å²) in [6.07, 6.45) is 2.97. The summed E-state index contributed by atoms with van der Waals surface area (Å²) < 4.78 is 5.17. The normalized spacial score (nSPS) is 12.7. The smallest absolute Gasteiger partial charge is 0.267 e. The first-order chi connectivity index (χ1) is 15.0. The van der Waals surface area contributed by atoms with Crippen LogP contribution in [0.5, 0.6) is 5.75 Å². The van der Waals surface area contributed by atoms with Crippen LogP contribution >= 0.6 is 22.9 Å². The second-order valence-corrected chi connectivity index (χ2v) is 8.92. The maximum Gasteiger partial charge on any atom is 0.267 e. The van der Waals surface area contributed by atoms with Crippen molar-refractivity contribution in [2.24, 2.45) is 0 Å². The number of nitrogen functional groups attached to an aromatic ring is 1. The van der Waals surface area contributed by atoms with Crippen LogP contribution in [0.4, 0.5) is 11.4 Å². The van der Waals surface area contributed by atoms with Gasteiger partial charge in [0.15, 0.2) is 0 Å². The molecule has 0 saturated heterocycles. The van der Waals surface area contributed by atoms with Crippen molar-refractivity contribution in [1.29, 1.82) is 0 Å². The summed E-state index contributed by atoms with van der Waals surface area (Å²) in [6, 6.07) is 15.0. The zero-order chi connectivity index (χ0) is 21.5. The quantitative estimate of drug-likeness (QED) is 0.403. The number of methoxy groups -OCH3 is 1. The van der Waals surface area contributed by atoms with Gasteiger partial charge in [-0.2, -0.15) is 0 Å². The van der Waals surface area contributed by atoms with Crippen molar-refractivity contribution < 1.29 is 9.53 Å². The number of anilines is 2. The molecule has 1 aliphatic carbocycles. The molecule has 0 saturated carbocycles. The Morgan fingerprint density at radius 2 is 1.87 bits per heavy atom. The second-order valence-electron chi connectivity index (χ2n) is 7.48. The number of nitrogens with two attached hydrogens (primary N) is 1. The third kappa shape index (κ3) is 3.52. The van der Waals surface area contributed by atoms with Gasteiger partial charge in [-0.25, -0.2) is 4.98 Å². The lowest BCUT2D eigenvalue weighted by Crippen LogP contribution is -2.11. The van der Waals surface area contributed by atoms with Gasteiger partial charge in [-0.15, -0.1) is 11.3 Å². The zero-order valence-electron chi connectivity index (χ0n) is 16.9. The van der Waals surface area contributed by atoms with Gasteiger partial charge in [0, 0.05) is 21.8 Å². The molecule has 0 spiro atoms. The molecule has 2 aromatic carbocycles. The lowest BCUT2D eigenvalue weighted by atomic mass is 9.96. The molecule has 1 amide bonds. The predicted octanol–water partition coefficient (Wildman–Crippen LogP) is 5.95. The highest BCUT2D eigenvalue weighted by Crippen LogP contribution is 2.44. The van der Waals surface area contributed by atoms with Crippen LogP contribution in [0.3, 0.4) is 0 Å². The van der Waals surface area contributed by atoms with Crippen molar-refractivity contribution >= 4 is 50.4 Å². The fourth-order valence-corrected chi connectivity index (χ4v) is 5.26. The van der Waals surface area contributed by atoms with Crippen molar-refractivity contribution in [1.82, 2.24) is 4.98 Å². The van der Waals surface area contributed by atoms with Gasteiger partial charge in [0.2, 0.25) is 0 Å². The van der Waals surface area contributed by atoms with Crippen LogP contribution in [0.1, 0.15) is 27.3 Å². The molecule has 2 aromatic heterocycles. The number of halogens is 1. The first-order valence-corrected chi connectivity index (χ1v) is 11.2. The number of nitrogens with one attached hydrogen (secondary N) is 1. The topological polar surface area (TPSA) is 77.2 Å². The Morgan fingerprint density at radius 3 is 2.58 bits per heavy atom. The van der Waals surface area contributed by atoms with Crippen LogP contribution in [0, 0.1) is 0 Å². The monoisotopic (exact) mass is 449 g/mol. The minimum Gasteiger partial charge on any atom is -0.497 e. The van der Waals surface area contributed by atoms with E-state index < -0.39 is 0 Å². The van der Waals surface area contributed by atoms with Gasteiger partial charge in [0.05, 0.1) is 12.8 Å². The minimum absolute atomic E-state index is 0.243. The molecule has 4 aromatic rings. The van der Waals surface area contributed by atoms with Gasteiger partial charge >= 0.3 is 0 Å². The third-order valence-electron chi connectivity index (χ3n) is 5.59. The number of carbonyl (C=O) groups is 1. The molecule has 0 aliphatic heterocycles. The Hall–Kier alpha value is -3.09. The lowest BCUT2D eigenvalue weighted by molar-refractivity contribution is 0.103. The number of hydrogen-bond acceptors (Lipinski definition) is 5. The van der Waals surface area contributed by atoms with Gasteiger partial charge in [-0.05, 0) is 72.4 Å². The number of rotatable bonds is 4. The van der Waals surface area contributed by atoms with E-state index in [0.29, 0.717) is 21.3 Å². The van der Waals surface area contributed by atoms with E-state index in [9.17, 15) is 4.79 Å². The first kappa shape index (κ1) is 19.8. The maximum absolute atomic E-state index is 13.0. The molecule has 0 atom stereocenters. The molecule has 3 N–H and O–H groups in total. The molecule has 0 bridgehead atoms. The Balaban J connectivity index is 1.61. The van der Waals surface area contributed by atoms with Crippen LogP contribution in [-0.2, 0) is 12.8 Å². The fourth-order valence-electron chi connectivity index (χ4n) is 4.11. The summed E-state index contributed by atoms with van der Waals surface area (Å²) in [5.41, 5.74) is 12.2. The van der Waals surface area contributed by atoms with Gasteiger partial charge in [0.1, 0.15) is 15.5 Å². The van der Waals surface area contributed by atoms with Crippen molar-refractivity contribution in [3.63, 3.8) is 0 Å². The summed E-state index contributed by atoms with van der Waals surface area (Å²) >= 11 is 7.45. The van der Waals surface area contributed by atoms with Gasteiger partial charge in [-0.1, -0.05) is 23.7 Å². The van der Waals surface area contributed by atoms with E-state index in [2.05, 4.69) is 5.32 Å². The number of fused-ring (bicyclic) bond motifs is 2. The molecule has 0 radical (unpaired) electrons. The molecule has 5 nitrogen and oxygen atoms in total. The first-order valence-electron chi connectivity index (χ1n) is 10.00. The Kier molecular flexibility index (Phi) is 5.04. The number of ether oxygens (including phenoxy) is 1. The number of amides is 1. The van der Waals surface area contributed by atoms with Crippen molar-refractivity contribution in [3.05, 3.63) is 69.7 Å². The summed E-state index contributed by atoms with van der Waals surface area (Å²) in [4.78, 5) is 19.2. The molecule has 31 heavy (non-hydrogen) atoms. The molecule has 156 valence electrons. The van der Waals surface area contributed by atoms with Crippen molar-refractivity contribution in [3.8, 4) is 16.9 Å². The number of pyridine rings is 1. The lowest BCUT2D eigenvalue weighted by Gasteiger charge is -2.11. The molecule has 2 heterocycles. The number of aryl methyl sites for hydroxylation is 1. The molecule has 0 fully saturated rings. The molecule has 1 aliphatic rings. The number of nitrogens with zero attached hydrogens (tertiary/aromatic N) is 1. The van der Waals surface area contributed by atoms with Crippen LogP contribution in [0.15, 0.2) is 48.5 Å². The summed E-state index contributed by atoms with van der Waals surface area (Å²) in [5.74, 6) is 0.485. The highest BCUT2D eigenvalue weighted by atomic mass is 35.5. The largest absolute Gasteiger partial charge is 0.497 e. The van der Waals surface area contributed by atoms with Gasteiger partial charge < -0.3 is 15.8 Å². The minimum atomic E-state index is -0.243. The summed E-state index contributed by atoms with van der Waals surface area (Å²) in [7, 11) is 1.61. The second kappa shape index (κ2) is 7.87. The van der Waals surface area contributed by atoms with E-state index in [1.165, 1.54) is 16.9 Å². The SMILES string of the molecule is COc1ccc(NC(=O)c2sc3nc4c(c(-c5ccc(Cl)cc5)c3c2N)CCC4)cc1. The maximum atomic E-state index is 13.0. The van der Waals surface area contributed by atoms with Crippen molar-refractivity contribution in [2.45, 2.75) is 19.3 Å². The predicted molar refractivity (Wildman–Crippen MR) is 127 cm³/mol. The number of thiophene rings is 1. The summed E-state index contributed by atoms with van der Waals surface area (Å²) in [5, 5.41) is 4.46. The number of hydrogen-bond donors (Lipinski definition) is 2. The Labute approximate surface area is 188 Å². The van der Waals surface area contributed by atoms with E-state index in [1.54, 1.807) is 31.4 Å². The van der Waals surface area contributed by atoms with Crippen LogP contribution in [-0.4, -0.2) is 18.0 Å². The molecule has 0 unspecified atom stereocenters. The standard InChI is InChI=1S/C24H20ClN3O2S/c1-30-16-11-9-15(10-12-16)27-23(29)22-21(26)20-19(13-5-7-14(25)8-6-13)17-3-2-4-18(17)28-24(20)31-22/h5-12H,2-4,26H2,1H3,(H,27,29). The fraction of sp³-hybridized carbons (Fsp3) is 0.167. The molecular weight excluding hydrogens is 430 g/mol. The Bertz CT molecular complexity index is 1300. The van der Waals surface area contributed by atoms with E-state index in [-0.39, 0.29) is 5.91 Å². The third-order valence-corrected chi connectivity index (χ3v) is 6.94. The highest BCUT2D eigenvalue weighted by Gasteiger charge is 2.26. The van der Waals surface area contributed by atoms with E-state index >= 15 is 0 Å². The van der Waals surface area contributed by atoms with Gasteiger partial charge in [-0.3, -0.25) is 4.79 Å². The van der Waals surface area contributed by atoms with Crippen LogP contribution in [0.2, 0.25) is 5.02 Å². The number of carbonyl (C=O) groups excluding carboxylic acids is 1. The van der Waals surface area contributed by atoms with Crippen LogP contribution < -0.4 is 15.8 Å². The number of benzene rings is 2. The summed E-state index contributed by atoms with van der Waals surface area (Å²) in [6.45, 7) is 0. The highest BCUT2D eigenvalue weighted by molar-refractivity contribution is 7.21. The molecular formula is C24H20ClN3O2S. The van der Waals surface area contributed by atoms with E-state index in [4.69, 9.17) is 27.1 Å². The zero-order valence-corrected chi connectivity index (χ0v) is 18.4. The molecule has 5 rings (SSSR count). The van der Waals surface area contributed by atoms with Crippen molar-refractivity contribution in [2.75, 3.05) is 18.2 Å². The van der Waals surface area contributed by atoms with E-state index in [1.807, 2.05) is 24.3 Å². The average molecular weight is 450 g/mol. The molecule has 7 heteroatoms. The van der Waals surface area contributed by atoms with Gasteiger partial charge in [0.25, 0.3) is 5.91 Å².